The van der Waals surface area contributed by atoms with Crippen molar-refractivity contribution in [3.05, 3.63) is 42.6 Å². The van der Waals surface area contributed by atoms with E-state index in [0.29, 0.717) is 12.5 Å². The van der Waals surface area contributed by atoms with Crippen LogP contribution in [0.15, 0.2) is 36.8 Å². The molecule has 19 heavy (non-hydrogen) atoms. The molecule has 6 heteroatoms. The number of hydrogen-bond acceptors (Lipinski definition) is 4. The van der Waals surface area contributed by atoms with Crippen molar-refractivity contribution in [1.82, 2.24) is 19.5 Å². The van der Waals surface area contributed by atoms with Crippen LogP contribution in [0.3, 0.4) is 0 Å². The highest BCUT2D eigenvalue weighted by molar-refractivity contribution is 5.76. The summed E-state index contributed by atoms with van der Waals surface area (Å²) in [6, 6.07) is 7.51. The van der Waals surface area contributed by atoms with E-state index in [2.05, 4.69) is 20.3 Å². The highest BCUT2D eigenvalue weighted by atomic mass is 19.1. The number of hydrogen-bond donors (Lipinski definition) is 1. The molecule has 0 aliphatic carbocycles. The van der Waals surface area contributed by atoms with Crippen molar-refractivity contribution in [2.45, 2.75) is 6.92 Å². The molecule has 0 saturated heterocycles. The van der Waals surface area contributed by atoms with Gasteiger partial charge in [0.2, 0.25) is 5.95 Å². The van der Waals surface area contributed by atoms with Gasteiger partial charge in [0.25, 0.3) is 0 Å². The van der Waals surface area contributed by atoms with E-state index in [1.54, 1.807) is 10.9 Å². The van der Waals surface area contributed by atoms with Crippen molar-refractivity contribution in [2.24, 2.45) is 0 Å². The first kappa shape index (κ1) is 11.6. The second-order valence-electron chi connectivity index (χ2n) is 4.00. The van der Waals surface area contributed by atoms with Gasteiger partial charge in [-0.3, -0.25) is 4.57 Å². The number of rotatable bonds is 3. The lowest BCUT2D eigenvalue weighted by molar-refractivity contribution is 0.603. The predicted octanol–water partition coefficient (Wildman–Crippen LogP) is 2.39. The van der Waals surface area contributed by atoms with Crippen LogP contribution >= 0.6 is 0 Å². The number of nitrogens with one attached hydrogen (secondary N) is 1. The molecule has 0 atom stereocenters. The Hall–Kier alpha value is -2.50. The first-order valence-electron chi connectivity index (χ1n) is 5.98. The van der Waals surface area contributed by atoms with Crippen LogP contribution in [0.25, 0.3) is 16.9 Å². The van der Waals surface area contributed by atoms with Crippen LogP contribution < -0.4 is 5.32 Å². The van der Waals surface area contributed by atoms with Crippen LogP contribution in [-0.2, 0) is 0 Å². The van der Waals surface area contributed by atoms with Crippen molar-refractivity contribution in [1.29, 1.82) is 0 Å². The molecule has 2 aromatic heterocycles. The highest BCUT2D eigenvalue weighted by Gasteiger charge is 2.11. The fraction of sp³-hybridized carbons (Fsp3) is 0.154. The van der Waals surface area contributed by atoms with Crippen LogP contribution in [0.1, 0.15) is 6.92 Å². The van der Waals surface area contributed by atoms with Gasteiger partial charge in [-0.05, 0) is 19.1 Å². The van der Waals surface area contributed by atoms with Crippen molar-refractivity contribution in [2.75, 3.05) is 11.9 Å². The first-order valence-corrected chi connectivity index (χ1v) is 5.98. The van der Waals surface area contributed by atoms with E-state index in [1.165, 1.54) is 0 Å². The molecule has 1 aromatic carbocycles. The van der Waals surface area contributed by atoms with Crippen LogP contribution in [0.5, 0.6) is 0 Å². The Labute approximate surface area is 109 Å². The maximum absolute atomic E-state index is 13.9. The Balaban J connectivity index is 2.17. The minimum atomic E-state index is -0.482. The molecule has 0 bridgehead atoms. The number of halogens is 1. The summed E-state index contributed by atoms with van der Waals surface area (Å²) >= 11 is 0. The van der Waals surface area contributed by atoms with Crippen LogP contribution in [0, 0.1) is 5.82 Å². The number of para-hydroxylation sites is 2. The molecule has 1 N–H and O–H groups in total. The molecule has 3 rings (SSSR count). The monoisotopic (exact) mass is 257 g/mol. The second kappa shape index (κ2) is 4.64. The van der Waals surface area contributed by atoms with E-state index >= 15 is 0 Å². The smallest absolute Gasteiger partial charge is 0.224 e. The largest absolute Gasteiger partial charge is 0.354 e. The summed E-state index contributed by atoms with van der Waals surface area (Å²) in [5.41, 5.74) is 1.60. The fourth-order valence-electron chi connectivity index (χ4n) is 1.90. The van der Waals surface area contributed by atoms with Gasteiger partial charge in [-0.25, -0.2) is 14.4 Å². The standard InChI is InChI=1S/C13H12FN5/c1-2-15-13-16-7-9(14)12(18-13)19-8-17-10-5-3-4-6-11(10)19/h3-8H,2H2,1H3,(H,15,16,18). The summed E-state index contributed by atoms with van der Waals surface area (Å²) in [6.07, 6.45) is 2.72. The van der Waals surface area contributed by atoms with Gasteiger partial charge < -0.3 is 5.32 Å². The summed E-state index contributed by atoms with van der Waals surface area (Å²) in [4.78, 5) is 12.3. The zero-order chi connectivity index (χ0) is 13.2. The Morgan fingerprint density at radius 2 is 2.11 bits per heavy atom. The number of anilines is 1. The maximum Gasteiger partial charge on any atom is 0.224 e. The van der Waals surface area contributed by atoms with Gasteiger partial charge in [0.1, 0.15) is 6.33 Å². The summed E-state index contributed by atoms with van der Waals surface area (Å²) in [5, 5.41) is 2.96. The van der Waals surface area contributed by atoms with E-state index < -0.39 is 5.82 Å². The Kier molecular flexibility index (Phi) is 2.83. The quantitative estimate of drug-likeness (QED) is 0.782. The zero-order valence-electron chi connectivity index (χ0n) is 10.3. The van der Waals surface area contributed by atoms with Gasteiger partial charge in [0.05, 0.1) is 17.2 Å². The topological polar surface area (TPSA) is 55.6 Å². The molecular formula is C13H12FN5. The second-order valence-corrected chi connectivity index (χ2v) is 4.00. The number of benzene rings is 1. The van der Waals surface area contributed by atoms with Gasteiger partial charge in [0, 0.05) is 6.54 Å². The summed E-state index contributed by atoms with van der Waals surface area (Å²) in [5.74, 6) is 0.112. The van der Waals surface area contributed by atoms with Crippen LogP contribution in [-0.4, -0.2) is 26.1 Å². The average Bonchev–Trinajstić information content (AvgIpc) is 2.85. The summed E-state index contributed by atoms with van der Waals surface area (Å²) in [7, 11) is 0. The van der Waals surface area contributed by atoms with Crippen LogP contribution in [0.4, 0.5) is 10.3 Å². The van der Waals surface area contributed by atoms with Gasteiger partial charge in [0.15, 0.2) is 11.6 Å². The van der Waals surface area contributed by atoms with Gasteiger partial charge in [-0.2, -0.15) is 4.98 Å². The normalized spacial score (nSPS) is 10.8. The molecule has 0 saturated carbocycles. The summed E-state index contributed by atoms with van der Waals surface area (Å²) in [6.45, 7) is 2.61. The maximum atomic E-state index is 13.9. The van der Waals surface area contributed by atoms with Gasteiger partial charge >= 0.3 is 0 Å². The molecule has 0 aliphatic heterocycles. The van der Waals surface area contributed by atoms with Crippen molar-refractivity contribution >= 4 is 17.0 Å². The SMILES string of the molecule is CCNc1ncc(F)c(-n2cnc3ccccc32)n1. The number of imidazole rings is 1. The van der Waals surface area contributed by atoms with E-state index in [4.69, 9.17) is 0 Å². The van der Waals surface area contributed by atoms with Crippen molar-refractivity contribution < 1.29 is 4.39 Å². The van der Waals surface area contributed by atoms with Crippen LogP contribution in [0.2, 0.25) is 0 Å². The molecule has 0 amide bonds. The predicted molar refractivity (Wildman–Crippen MR) is 70.8 cm³/mol. The van der Waals surface area contributed by atoms with E-state index in [9.17, 15) is 4.39 Å². The molecular weight excluding hydrogens is 245 g/mol. The van der Waals surface area contributed by atoms with Gasteiger partial charge in [-0.15, -0.1) is 0 Å². The summed E-state index contributed by atoms with van der Waals surface area (Å²) < 4.78 is 15.5. The zero-order valence-corrected chi connectivity index (χ0v) is 10.3. The lowest BCUT2D eigenvalue weighted by atomic mass is 10.3. The minimum Gasteiger partial charge on any atom is -0.354 e. The van der Waals surface area contributed by atoms with Crippen molar-refractivity contribution in [3.8, 4) is 5.82 Å². The first-order chi connectivity index (χ1) is 9.29. The van der Waals surface area contributed by atoms with E-state index in [1.807, 2.05) is 31.2 Å². The fourth-order valence-corrected chi connectivity index (χ4v) is 1.90. The Morgan fingerprint density at radius 1 is 1.26 bits per heavy atom. The van der Waals surface area contributed by atoms with E-state index in [0.717, 1.165) is 17.2 Å². The molecule has 0 unspecified atom stereocenters. The van der Waals surface area contributed by atoms with E-state index in [-0.39, 0.29) is 5.82 Å². The average molecular weight is 257 g/mol. The number of nitrogens with zero attached hydrogens (tertiary/aromatic N) is 4. The number of aromatic nitrogens is 4. The van der Waals surface area contributed by atoms with Gasteiger partial charge in [-0.1, -0.05) is 12.1 Å². The lowest BCUT2D eigenvalue weighted by Gasteiger charge is -2.07. The molecule has 2 heterocycles. The molecule has 96 valence electrons. The molecule has 0 spiro atoms. The molecule has 0 fully saturated rings. The Morgan fingerprint density at radius 3 is 2.95 bits per heavy atom. The molecule has 0 aliphatic rings. The highest BCUT2D eigenvalue weighted by Crippen LogP contribution is 2.19. The third-order valence-corrected chi connectivity index (χ3v) is 2.74. The van der Waals surface area contributed by atoms with Crippen molar-refractivity contribution in [3.63, 3.8) is 0 Å². The Bertz CT molecular complexity index is 722. The lowest BCUT2D eigenvalue weighted by Crippen LogP contribution is -2.07. The third kappa shape index (κ3) is 2.01. The molecule has 0 radical (unpaired) electrons. The number of fused-ring (bicyclic) bond motifs is 1. The minimum absolute atomic E-state index is 0.194. The molecule has 3 aromatic rings. The third-order valence-electron chi connectivity index (χ3n) is 2.74. The molecule has 5 nitrogen and oxygen atoms in total.